The van der Waals surface area contributed by atoms with Crippen molar-refractivity contribution in [2.45, 2.75) is 49.3 Å². The van der Waals surface area contributed by atoms with E-state index < -0.39 is 26.2 Å². The number of anilines is 1. The van der Waals surface area contributed by atoms with E-state index in [1.807, 2.05) is 27.7 Å². The van der Waals surface area contributed by atoms with Gasteiger partial charge in [-0.15, -0.1) is 0 Å². The predicted molar refractivity (Wildman–Crippen MR) is 123 cm³/mol. The second-order valence-electron chi connectivity index (χ2n) is 7.94. The molecule has 0 aliphatic heterocycles. The molecule has 0 spiro atoms. The molecule has 4 N–H and O–H groups in total. The van der Waals surface area contributed by atoms with Gasteiger partial charge in [-0.3, -0.25) is 9.86 Å². The summed E-state index contributed by atoms with van der Waals surface area (Å²) in [5.41, 5.74) is 2.60. The Kier molecular flexibility index (Phi) is 7.26. The van der Waals surface area contributed by atoms with Gasteiger partial charge in [0, 0.05) is 27.1 Å². The van der Waals surface area contributed by atoms with Crippen LogP contribution in [0.4, 0.5) is 10.5 Å². The van der Waals surface area contributed by atoms with Crippen LogP contribution in [-0.2, 0) is 20.1 Å². The Balaban J connectivity index is 2.35. The lowest BCUT2D eigenvalue weighted by atomic mass is 9.90. The van der Waals surface area contributed by atoms with Crippen LogP contribution in [0, 0.1) is 11.3 Å². The van der Waals surface area contributed by atoms with Gasteiger partial charge >= 0.3 is 6.03 Å². The third-order valence-corrected chi connectivity index (χ3v) is 7.46. The van der Waals surface area contributed by atoms with Crippen molar-refractivity contribution < 1.29 is 17.4 Å². The van der Waals surface area contributed by atoms with Crippen molar-refractivity contribution in [3.63, 3.8) is 0 Å². The number of hydrogen-bond donors (Lipinski definition) is 4. The number of nitrogens with zero attached hydrogens (tertiary/aromatic N) is 1. The molecule has 2 aromatic carbocycles. The Bertz CT molecular complexity index is 1150. The number of nitriles is 1. The fourth-order valence-corrected chi connectivity index (χ4v) is 4.79. The van der Waals surface area contributed by atoms with Gasteiger partial charge in [-0.25, -0.2) is 17.4 Å². The van der Waals surface area contributed by atoms with Gasteiger partial charge in [-0.1, -0.05) is 27.7 Å². The Morgan fingerprint density at radius 1 is 1.06 bits per heavy atom. The van der Waals surface area contributed by atoms with Gasteiger partial charge in [0.15, 0.2) is 9.84 Å². The average Bonchev–Trinajstić information content (AvgIpc) is 2.66. The summed E-state index contributed by atoms with van der Waals surface area (Å²) in [6.45, 7) is 7.78. The maximum absolute atomic E-state index is 12.9. The number of sulfone groups is 1. The zero-order valence-corrected chi connectivity index (χ0v) is 19.8. The number of benzene rings is 2. The molecule has 0 aliphatic carbocycles. The number of nitrogens with two attached hydrogens (primary N) is 1. The van der Waals surface area contributed by atoms with Gasteiger partial charge < -0.3 is 5.32 Å². The molecular formula is C21H28N4O4S2. The first-order valence-corrected chi connectivity index (χ1v) is 13.3. The molecule has 0 aliphatic rings. The van der Waals surface area contributed by atoms with Crippen LogP contribution >= 0.6 is 0 Å². The minimum atomic E-state index is -3.81. The number of nitrogens with one attached hydrogen (secondary N) is 2. The highest BCUT2D eigenvalue weighted by molar-refractivity contribution is 7.99. The van der Waals surface area contributed by atoms with Crippen LogP contribution in [-0.4, -0.2) is 24.9 Å². The standard InChI is InChI=1S/C21H28N4O4S2/c1-13(2)18-10-15(12-22)11-19(14(3)4)20(18)24-21(26)25-31(23,29)17-8-6-16(7-9-17)30(5,27)28/h6-11,13-14,31H,1-5H3,(H4,23,24,25,26,29). The molecule has 0 heterocycles. The molecule has 10 heteroatoms. The molecule has 2 aromatic rings. The van der Waals surface area contributed by atoms with Crippen LogP contribution in [0.3, 0.4) is 0 Å². The summed E-state index contributed by atoms with van der Waals surface area (Å²) in [6.07, 6.45) is 1.06. The third kappa shape index (κ3) is 5.91. The first-order valence-electron chi connectivity index (χ1n) is 9.62. The first kappa shape index (κ1) is 24.5. The lowest BCUT2D eigenvalue weighted by Crippen LogP contribution is -2.45. The van der Waals surface area contributed by atoms with E-state index >= 15 is 0 Å². The van der Waals surface area contributed by atoms with Crippen LogP contribution in [0.1, 0.15) is 56.2 Å². The second kappa shape index (κ2) is 9.18. The third-order valence-electron chi connectivity index (χ3n) is 4.73. The number of urea groups is 1. The molecule has 0 fully saturated rings. The number of hydrogen-bond acceptors (Lipinski definition) is 5. The topological polar surface area (TPSA) is 142 Å². The van der Waals surface area contributed by atoms with Crippen LogP contribution < -0.4 is 15.2 Å². The fourth-order valence-electron chi connectivity index (χ4n) is 3.08. The summed E-state index contributed by atoms with van der Waals surface area (Å²) < 4.78 is 38.4. The minimum Gasteiger partial charge on any atom is -0.307 e. The van der Waals surface area contributed by atoms with Crippen LogP contribution in [0.25, 0.3) is 0 Å². The van der Waals surface area contributed by atoms with Crippen LogP contribution in [0.2, 0.25) is 0 Å². The highest BCUT2D eigenvalue weighted by atomic mass is 32.3. The molecule has 0 radical (unpaired) electrons. The Labute approximate surface area is 184 Å². The predicted octanol–water partition coefficient (Wildman–Crippen LogP) is 3.19. The molecule has 8 nitrogen and oxygen atoms in total. The lowest BCUT2D eigenvalue weighted by molar-refractivity contribution is 0.256. The molecule has 31 heavy (non-hydrogen) atoms. The fraction of sp³-hybridized carbons (Fsp3) is 0.333. The molecular weight excluding hydrogens is 436 g/mol. The van der Waals surface area contributed by atoms with Crippen molar-refractivity contribution in [3.05, 3.63) is 53.1 Å². The monoisotopic (exact) mass is 464 g/mol. The molecule has 0 saturated carbocycles. The number of carbonyl (C=O) groups is 1. The Morgan fingerprint density at radius 3 is 1.94 bits per heavy atom. The largest absolute Gasteiger partial charge is 0.330 e. The number of carbonyl (C=O) groups excluding carboxylic acids is 1. The molecule has 2 rings (SSSR count). The van der Waals surface area contributed by atoms with E-state index in [4.69, 9.17) is 5.14 Å². The van der Waals surface area contributed by atoms with Crippen molar-refractivity contribution in [1.82, 2.24) is 4.72 Å². The maximum Gasteiger partial charge on any atom is 0.330 e. The first-order chi connectivity index (χ1) is 14.3. The summed E-state index contributed by atoms with van der Waals surface area (Å²) in [7, 11) is -7.23. The van der Waals surface area contributed by atoms with Crippen molar-refractivity contribution in [2.24, 2.45) is 5.14 Å². The van der Waals surface area contributed by atoms with E-state index in [1.165, 1.54) is 24.3 Å². The van der Waals surface area contributed by atoms with Gasteiger partial charge in [0.1, 0.15) is 0 Å². The van der Waals surface area contributed by atoms with Gasteiger partial charge in [-0.2, -0.15) is 5.26 Å². The highest BCUT2D eigenvalue weighted by Gasteiger charge is 2.21. The molecule has 168 valence electrons. The van der Waals surface area contributed by atoms with Crippen LogP contribution in [0.15, 0.2) is 46.2 Å². The number of rotatable bonds is 6. The molecule has 0 atom stereocenters. The van der Waals surface area contributed by atoms with Crippen molar-refractivity contribution in [1.29, 1.82) is 5.26 Å². The number of amides is 2. The van der Waals surface area contributed by atoms with E-state index in [2.05, 4.69) is 16.1 Å². The van der Waals surface area contributed by atoms with E-state index in [9.17, 15) is 22.7 Å². The SMILES string of the molecule is CC(C)c1cc(C#N)cc(C(C)C)c1NC(=O)N[SH](N)(=O)c1ccc(S(C)(=O)=O)cc1. The van der Waals surface area contributed by atoms with Crippen molar-refractivity contribution >= 4 is 31.9 Å². The summed E-state index contributed by atoms with van der Waals surface area (Å²) in [5.74, 6) is 0.0450. The summed E-state index contributed by atoms with van der Waals surface area (Å²) in [6, 6.07) is 10.0. The van der Waals surface area contributed by atoms with Crippen molar-refractivity contribution in [2.75, 3.05) is 11.6 Å². The molecule has 0 saturated heterocycles. The quantitative estimate of drug-likeness (QED) is 0.486. The van der Waals surface area contributed by atoms with Gasteiger partial charge in [-0.05, 0) is 59.4 Å². The average molecular weight is 465 g/mol. The highest BCUT2D eigenvalue weighted by Crippen LogP contribution is 2.34. The van der Waals surface area contributed by atoms with E-state index in [1.54, 1.807) is 12.1 Å². The zero-order chi connectivity index (χ0) is 23.6. The normalized spacial score (nSPS) is 12.5. The van der Waals surface area contributed by atoms with E-state index in [0.717, 1.165) is 17.4 Å². The summed E-state index contributed by atoms with van der Waals surface area (Å²) >= 11 is 0. The van der Waals surface area contributed by atoms with Gasteiger partial charge in [0.2, 0.25) is 0 Å². The maximum atomic E-state index is 12.9. The molecule has 2 amide bonds. The van der Waals surface area contributed by atoms with Crippen molar-refractivity contribution in [3.8, 4) is 6.07 Å². The Morgan fingerprint density at radius 2 is 1.55 bits per heavy atom. The van der Waals surface area contributed by atoms with E-state index in [-0.39, 0.29) is 21.6 Å². The summed E-state index contributed by atoms with van der Waals surface area (Å²) in [4.78, 5) is 12.9. The second-order valence-corrected chi connectivity index (χ2v) is 12.0. The molecule has 0 aromatic heterocycles. The zero-order valence-electron chi connectivity index (χ0n) is 18.1. The summed E-state index contributed by atoms with van der Waals surface area (Å²) in [5, 5.41) is 18.0. The van der Waals surface area contributed by atoms with Gasteiger partial charge in [0.05, 0.1) is 16.5 Å². The smallest absolute Gasteiger partial charge is 0.307 e. The Hall–Kier alpha value is -2.74. The van der Waals surface area contributed by atoms with Crippen LogP contribution in [0.5, 0.6) is 0 Å². The minimum absolute atomic E-state index is 0.0225. The molecule has 0 unspecified atom stereocenters. The molecule has 0 bridgehead atoms. The number of thiol groups is 1. The lowest BCUT2D eigenvalue weighted by Gasteiger charge is -2.24. The van der Waals surface area contributed by atoms with E-state index in [0.29, 0.717) is 11.3 Å². The van der Waals surface area contributed by atoms with Gasteiger partial charge in [0.25, 0.3) is 0 Å².